The van der Waals surface area contributed by atoms with Gasteiger partial charge in [0.1, 0.15) is 6.10 Å². The van der Waals surface area contributed by atoms with Crippen molar-refractivity contribution in [3.63, 3.8) is 0 Å². The quantitative estimate of drug-likeness (QED) is 0.565. The van der Waals surface area contributed by atoms with Gasteiger partial charge in [-0.15, -0.1) is 0 Å². The molecule has 1 aliphatic heterocycles. The molecule has 0 radical (unpaired) electrons. The SMILES string of the molecule is CS(=O)(=O)OC[C@@H](O)[C@H](Cc1ccccc1)N1C(=O)c2ccccc2C1=O. The zero-order chi connectivity index (χ0) is 19.6. The second kappa shape index (κ2) is 7.59. The maximum Gasteiger partial charge on any atom is 0.264 e. The Kier molecular flexibility index (Phi) is 5.41. The van der Waals surface area contributed by atoms with E-state index < -0.39 is 40.7 Å². The lowest BCUT2D eigenvalue weighted by molar-refractivity contribution is 0.0203. The van der Waals surface area contributed by atoms with Crippen molar-refractivity contribution in [3.8, 4) is 0 Å². The average Bonchev–Trinajstić information content (AvgIpc) is 2.89. The first-order valence-electron chi connectivity index (χ1n) is 8.31. The highest BCUT2D eigenvalue weighted by molar-refractivity contribution is 7.85. The Morgan fingerprint density at radius 1 is 0.963 bits per heavy atom. The number of fused-ring (bicyclic) bond motifs is 1. The first-order valence-corrected chi connectivity index (χ1v) is 10.1. The van der Waals surface area contributed by atoms with E-state index in [1.165, 1.54) is 0 Å². The van der Waals surface area contributed by atoms with Crippen molar-refractivity contribution >= 4 is 21.9 Å². The van der Waals surface area contributed by atoms with Gasteiger partial charge in [-0.3, -0.25) is 18.7 Å². The predicted octanol–water partition coefficient (Wildman–Crippen LogP) is 1.23. The minimum atomic E-state index is -3.78. The van der Waals surface area contributed by atoms with Gasteiger partial charge in [0.15, 0.2) is 0 Å². The molecule has 2 aromatic carbocycles. The van der Waals surface area contributed by atoms with Gasteiger partial charge >= 0.3 is 0 Å². The number of amides is 2. The molecule has 1 N–H and O–H groups in total. The van der Waals surface area contributed by atoms with Crippen LogP contribution in [0, 0.1) is 0 Å². The van der Waals surface area contributed by atoms with Crippen molar-refractivity contribution in [1.29, 1.82) is 0 Å². The number of rotatable bonds is 7. The molecule has 0 fully saturated rings. The molecular formula is C19H19NO6S. The van der Waals surface area contributed by atoms with Gasteiger partial charge in [0.25, 0.3) is 21.9 Å². The van der Waals surface area contributed by atoms with Gasteiger partial charge in [-0.25, -0.2) is 0 Å². The maximum absolute atomic E-state index is 12.8. The molecule has 2 aromatic rings. The third kappa shape index (κ3) is 4.24. The number of aliphatic hydroxyl groups excluding tert-OH is 1. The molecule has 1 aliphatic rings. The third-order valence-electron chi connectivity index (χ3n) is 4.34. The zero-order valence-corrected chi connectivity index (χ0v) is 15.4. The summed E-state index contributed by atoms with van der Waals surface area (Å²) in [5.41, 5.74) is 1.31. The van der Waals surface area contributed by atoms with Gasteiger partial charge < -0.3 is 5.11 Å². The Hall–Kier alpha value is -2.55. The molecule has 0 unspecified atom stereocenters. The van der Waals surface area contributed by atoms with Gasteiger partial charge in [0.2, 0.25) is 0 Å². The second-order valence-electron chi connectivity index (χ2n) is 6.34. The zero-order valence-electron chi connectivity index (χ0n) is 14.6. The van der Waals surface area contributed by atoms with E-state index in [-0.39, 0.29) is 17.5 Å². The molecule has 0 saturated carbocycles. The number of aliphatic hydroxyl groups is 1. The summed E-state index contributed by atoms with van der Waals surface area (Å²) in [5, 5.41) is 10.6. The molecule has 0 aromatic heterocycles. The van der Waals surface area contributed by atoms with Crippen LogP contribution in [-0.4, -0.2) is 55.2 Å². The van der Waals surface area contributed by atoms with Crippen molar-refractivity contribution in [2.75, 3.05) is 12.9 Å². The van der Waals surface area contributed by atoms with E-state index in [0.29, 0.717) is 0 Å². The monoisotopic (exact) mass is 389 g/mol. The van der Waals surface area contributed by atoms with Gasteiger partial charge in [0, 0.05) is 0 Å². The molecule has 3 rings (SSSR count). The van der Waals surface area contributed by atoms with Crippen LogP contribution in [0.4, 0.5) is 0 Å². The number of nitrogens with zero attached hydrogens (tertiary/aromatic N) is 1. The summed E-state index contributed by atoms with van der Waals surface area (Å²) in [6, 6.07) is 14.5. The molecule has 0 aliphatic carbocycles. The molecule has 0 bridgehead atoms. The molecule has 0 saturated heterocycles. The van der Waals surface area contributed by atoms with Crippen molar-refractivity contribution in [1.82, 2.24) is 4.90 Å². The summed E-state index contributed by atoms with van der Waals surface area (Å²) in [5.74, 6) is -1.04. The van der Waals surface area contributed by atoms with Crippen LogP contribution in [0.2, 0.25) is 0 Å². The highest BCUT2D eigenvalue weighted by Crippen LogP contribution is 2.27. The van der Waals surface area contributed by atoms with Crippen molar-refractivity contribution in [2.24, 2.45) is 0 Å². The number of carbonyl (C=O) groups is 2. The molecule has 142 valence electrons. The van der Waals surface area contributed by atoms with Crippen LogP contribution in [0.3, 0.4) is 0 Å². The van der Waals surface area contributed by atoms with Crippen LogP contribution in [0.1, 0.15) is 26.3 Å². The van der Waals surface area contributed by atoms with Crippen molar-refractivity contribution in [3.05, 3.63) is 71.3 Å². The molecular weight excluding hydrogens is 370 g/mol. The second-order valence-corrected chi connectivity index (χ2v) is 7.98. The Morgan fingerprint density at radius 2 is 1.48 bits per heavy atom. The molecule has 1 heterocycles. The largest absolute Gasteiger partial charge is 0.388 e. The lowest BCUT2D eigenvalue weighted by atomic mass is 10.00. The van der Waals surface area contributed by atoms with Crippen LogP contribution >= 0.6 is 0 Å². The van der Waals surface area contributed by atoms with Crippen LogP contribution in [0.5, 0.6) is 0 Å². The summed E-state index contributed by atoms with van der Waals surface area (Å²) in [7, 11) is -3.78. The summed E-state index contributed by atoms with van der Waals surface area (Å²) < 4.78 is 27.2. The Labute approximate surface area is 157 Å². The van der Waals surface area contributed by atoms with Crippen LogP contribution in [0.15, 0.2) is 54.6 Å². The fourth-order valence-corrected chi connectivity index (χ4v) is 3.46. The fourth-order valence-electron chi connectivity index (χ4n) is 3.07. The summed E-state index contributed by atoms with van der Waals surface area (Å²) in [6.45, 7) is -0.552. The van der Waals surface area contributed by atoms with Crippen LogP contribution in [0.25, 0.3) is 0 Å². The summed E-state index contributed by atoms with van der Waals surface area (Å²) in [4.78, 5) is 26.6. The number of hydrogen-bond donors (Lipinski definition) is 1. The number of imide groups is 1. The standard InChI is InChI=1S/C19H19NO6S/c1-27(24,25)26-12-17(21)16(11-13-7-3-2-4-8-13)20-18(22)14-9-5-6-10-15(14)19(20)23/h2-10,16-17,21H,11-12H2,1H3/t16-,17+/m0/s1. The number of hydrogen-bond acceptors (Lipinski definition) is 6. The van der Waals surface area contributed by atoms with Gasteiger partial charge in [-0.05, 0) is 24.1 Å². The first kappa shape index (κ1) is 19.2. The fraction of sp³-hybridized carbons (Fsp3) is 0.263. The molecule has 7 nitrogen and oxygen atoms in total. The number of benzene rings is 2. The summed E-state index contributed by atoms with van der Waals surface area (Å²) >= 11 is 0. The van der Waals surface area contributed by atoms with E-state index in [2.05, 4.69) is 4.18 Å². The molecule has 0 spiro atoms. The van der Waals surface area contributed by atoms with Crippen molar-refractivity contribution in [2.45, 2.75) is 18.6 Å². The molecule has 8 heteroatoms. The van der Waals surface area contributed by atoms with Crippen molar-refractivity contribution < 1.29 is 27.3 Å². The Bertz CT molecular complexity index is 922. The van der Waals surface area contributed by atoms with E-state index in [1.807, 2.05) is 6.07 Å². The van der Waals surface area contributed by atoms with E-state index in [0.717, 1.165) is 16.7 Å². The average molecular weight is 389 g/mol. The molecule has 2 amide bonds. The maximum atomic E-state index is 12.8. The van der Waals surface area contributed by atoms with E-state index in [9.17, 15) is 23.1 Å². The van der Waals surface area contributed by atoms with Gasteiger partial charge in [-0.2, -0.15) is 8.42 Å². The van der Waals surface area contributed by atoms with E-state index >= 15 is 0 Å². The van der Waals surface area contributed by atoms with Gasteiger partial charge in [0.05, 0.1) is 30.0 Å². The highest BCUT2D eigenvalue weighted by atomic mass is 32.2. The van der Waals surface area contributed by atoms with E-state index in [1.54, 1.807) is 48.5 Å². The molecule has 2 atom stereocenters. The minimum absolute atomic E-state index is 0.167. The smallest absolute Gasteiger partial charge is 0.264 e. The minimum Gasteiger partial charge on any atom is -0.388 e. The Morgan fingerprint density at radius 3 is 2.00 bits per heavy atom. The lowest BCUT2D eigenvalue weighted by Crippen LogP contribution is -2.50. The van der Waals surface area contributed by atoms with Gasteiger partial charge in [-0.1, -0.05) is 42.5 Å². The molecule has 27 heavy (non-hydrogen) atoms. The van der Waals surface area contributed by atoms with Crippen LogP contribution < -0.4 is 0 Å². The topological polar surface area (TPSA) is 101 Å². The third-order valence-corrected chi connectivity index (χ3v) is 4.91. The van der Waals surface area contributed by atoms with Crippen LogP contribution in [-0.2, 0) is 20.7 Å². The summed E-state index contributed by atoms with van der Waals surface area (Å²) in [6.07, 6.45) is -0.337. The normalized spacial score (nSPS) is 16.3. The first-order chi connectivity index (χ1) is 12.8. The highest BCUT2D eigenvalue weighted by Gasteiger charge is 2.42. The van der Waals surface area contributed by atoms with E-state index in [4.69, 9.17) is 0 Å². The number of carbonyl (C=O) groups excluding carboxylic acids is 2. The predicted molar refractivity (Wildman–Crippen MR) is 97.7 cm³/mol. The Balaban J connectivity index is 1.92. The lowest BCUT2D eigenvalue weighted by Gasteiger charge is -2.30.